The molecule has 1 atom stereocenters. The van der Waals surface area contributed by atoms with E-state index >= 15 is 0 Å². The number of hydrogen-bond acceptors (Lipinski definition) is 4. The van der Waals surface area contributed by atoms with E-state index in [1.807, 2.05) is 18.2 Å². The molecule has 2 heterocycles. The van der Waals surface area contributed by atoms with Crippen molar-refractivity contribution in [1.29, 1.82) is 0 Å². The lowest BCUT2D eigenvalue weighted by atomic mass is 10.1. The molecule has 3 rings (SSSR count). The minimum atomic E-state index is 0.353. The molecule has 1 aliphatic heterocycles. The summed E-state index contributed by atoms with van der Waals surface area (Å²) in [6.07, 6.45) is 0. The molecule has 0 aliphatic carbocycles. The van der Waals surface area contributed by atoms with E-state index in [4.69, 9.17) is 17.3 Å². The number of thiophene rings is 1. The zero-order chi connectivity index (χ0) is 14.7. The number of benzene rings is 1. The van der Waals surface area contributed by atoms with Gasteiger partial charge in [0.05, 0.1) is 6.04 Å². The van der Waals surface area contributed by atoms with Gasteiger partial charge in [0.2, 0.25) is 0 Å². The van der Waals surface area contributed by atoms with E-state index < -0.39 is 0 Å². The van der Waals surface area contributed by atoms with Crippen LogP contribution in [0, 0.1) is 0 Å². The molecule has 0 amide bonds. The molecule has 0 bridgehead atoms. The summed E-state index contributed by atoms with van der Waals surface area (Å²) >= 11 is 7.88. The molecular weight excluding hydrogens is 302 g/mol. The fraction of sp³-hybridized carbons (Fsp3) is 0.375. The molecule has 0 saturated carbocycles. The first-order chi connectivity index (χ1) is 10.3. The third-order valence-corrected chi connectivity index (χ3v) is 5.23. The van der Waals surface area contributed by atoms with E-state index in [0.717, 1.165) is 31.2 Å². The van der Waals surface area contributed by atoms with Gasteiger partial charge in [0.1, 0.15) is 0 Å². The Morgan fingerprint density at radius 3 is 2.57 bits per heavy atom. The van der Waals surface area contributed by atoms with Gasteiger partial charge in [0.25, 0.3) is 0 Å². The third-order valence-electron chi connectivity index (χ3n) is 4.02. The highest BCUT2D eigenvalue weighted by Crippen LogP contribution is 2.27. The molecule has 1 aromatic heterocycles. The standard InChI is InChI=1S/C16H20ClN3S/c17-13-3-1-4-14(11-13)19-6-8-20(9-7-19)15(12-18)16-5-2-10-21-16/h1-5,10-11,15H,6-9,12,18H2. The summed E-state index contributed by atoms with van der Waals surface area (Å²) in [7, 11) is 0. The van der Waals surface area contributed by atoms with E-state index in [9.17, 15) is 0 Å². The summed E-state index contributed by atoms with van der Waals surface area (Å²) < 4.78 is 0. The molecule has 112 valence electrons. The van der Waals surface area contributed by atoms with Crippen LogP contribution in [0.25, 0.3) is 0 Å². The number of piperazine rings is 1. The predicted molar refractivity (Wildman–Crippen MR) is 91.4 cm³/mol. The molecule has 1 aromatic carbocycles. The Morgan fingerprint density at radius 2 is 1.95 bits per heavy atom. The first-order valence-electron chi connectivity index (χ1n) is 7.26. The first-order valence-corrected chi connectivity index (χ1v) is 8.52. The minimum Gasteiger partial charge on any atom is -0.369 e. The fourth-order valence-electron chi connectivity index (χ4n) is 2.89. The van der Waals surface area contributed by atoms with Crippen molar-refractivity contribution in [3.05, 3.63) is 51.7 Å². The van der Waals surface area contributed by atoms with Crippen LogP contribution in [0.1, 0.15) is 10.9 Å². The normalized spacial score (nSPS) is 17.9. The Morgan fingerprint density at radius 1 is 1.14 bits per heavy atom. The third kappa shape index (κ3) is 3.40. The molecule has 0 radical (unpaired) electrons. The Bertz CT molecular complexity index is 565. The van der Waals surface area contributed by atoms with Gasteiger partial charge in [0, 0.05) is 48.3 Å². The molecule has 1 aliphatic rings. The molecule has 1 saturated heterocycles. The Labute approximate surface area is 134 Å². The summed E-state index contributed by atoms with van der Waals surface area (Å²) in [5, 5.41) is 2.92. The van der Waals surface area contributed by atoms with Crippen LogP contribution in [0.2, 0.25) is 5.02 Å². The number of rotatable bonds is 4. The van der Waals surface area contributed by atoms with Gasteiger partial charge in [-0.05, 0) is 29.6 Å². The first kappa shape index (κ1) is 14.9. The molecule has 2 aromatic rings. The quantitative estimate of drug-likeness (QED) is 0.938. The molecule has 1 unspecified atom stereocenters. The largest absolute Gasteiger partial charge is 0.369 e. The second kappa shape index (κ2) is 6.79. The minimum absolute atomic E-state index is 0.353. The number of halogens is 1. The van der Waals surface area contributed by atoms with Gasteiger partial charge in [-0.25, -0.2) is 0 Å². The number of anilines is 1. The van der Waals surface area contributed by atoms with Crippen molar-refractivity contribution in [1.82, 2.24) is 4.90 Å². The van der Waals surface area contributed by atoms with Crippen molar-refractivity contribution in [3.63, 3.8) is 0 Å². The van der Waals surface area contributed by atoms with Gasteiger partial charge in [-0.2, -0.15) is 0 Å². The van der Waals surface area contributed by atoms with Gasteiger partial charge in [-0.3, -0.25) is 4.90 Å². The molecule has 5 heteroatoms. The lowest BCUT2D eigenvalue weighted by Gasteiger charge is -2.39. The highest BCUT2D eigenvalue weighted by Gasteiger charge is 2.24. The highest BCUT2D eigenvalue weighted by molar-refractivity contribution is 7.10. The Balaban J connectivity index is 1.64. The molecule has 0 spiro atoms. The molecular formula is C16H20ClN3S. The molecule has 3 nitrogen and oxygen atoms in total. The van der Waals surface area contributed by atoms with Gasteiger partial charge < -0.3 is 10.6 Å². The molecule has 21 heavy (non-hydrogen) atoms. The monoisotopic (exact) mass is 321 g/mol. The van der Waals surface area contributed by atoms with Crippen LogP contribution in [0.5, 0.6) is 0 Å². The number of hydrogen-bond donors (Lipinski definition) is 1. The zero-order valence-corrected chi connectivity index (χ0v) is 13.5. The van der Waals surface area contributed by atoms with Crippen LogP contribution in [-0.2, 0) is 0 Å². The Kier molecular flexibility index (Phi) is 4.80. The maximum absolute atomic E-state index is 6.08. The molecule has 1 fully saturated rings. The van der Waals surface area contributed by atoms with Crippen molar-refractivity contribution in [2.45, 2.75) is 6.04 Å². The van der Waals surface area contributed by atoms with Crippen molar-refractivity contribution in [2.24, 2.45) is 5.73 Å². The zero-order valence-electron chi connectivity index (χ0n) is 11.9. The average molecular weight is 322 g/mol. The number of nitrogens with two attached hydrogens (primary N) is 1. The van der Waals surface area contributed by atoms with Gasteiger partial charge in [0.15, 0.2) is 0 Å². The van der Waals surface area contributed by atoms with Crippen LogP contribution in [0.4, 0.5) is 5.69 Å². The summed E-state index contributed by atoms with van der Waals surface area (Å²) in [6, 6.07) is 12.7. The van der Waals surface area contributed by atoms with Crippen molar-refractivity contribution in [2.75, 3.05) is 37.6 Å². The Hall–Kier alpha value is -1.07. The van der Waals surface area contributed by atoms with Crippen LogP contribution in [0.3, 0.4) is 0 Å². The SMILES string of the molecule is NCC(c1cccs1)N1CCN(c2cccc(Cl)c2)CC1. The van der Waals surface area contributed by atoms with Crippen LogP contribution >= 0.6 is 22.9 Å². The maximum Gasteiger partial charge on any atom is 0.0565 e. The van der Waals surface area contributed by atoms with Crippen molar-refractivity contribution >= 4 is 28.6 Å². The van der Waals surface area contributed by atoms with E-state index in [-0.39, 0.29) is 0 Å². The topological polar surface area (TPSA) is 32.5 Å². The van der Waals surface area contributed by atoms with Crippen molar-refractivity contribution in [3.8, 4) is 0 Å². The van der Waals surface area contributed by atoms with E-state index in [1.165, 1.54) is 10.6 Å². The van der Waals surface area contributed by atoms with Crippen LogP contribution < -0.4 is 10.6 Å². The van der Waals surface area contributed by atoms with Crippen molar-refractivity contribution < 1.29 is 0 Å². The van der Waals surface area contributed by atoms with Gasteiger partial charge >= 0.3 is 0 Å². The fourth-order valence-corrected chi connectivity index (χ4v) is 3.95. The average Bonchev–Trinajstić information content (AvgIpc) is 3.03. The second-order valence-electron chi connectivity index (χ2n) is 5.27. The number of nitrogens with zero attached hydrogens (tertiary/aromatic N) is 2. The van der Waals surface area contributed by atoms with E-state index in [2.05, 4.69) is 33.4 Å². The summed E-state index contributed by atoms with van der Waals surface area (Å²) in [5.41, 5.74) is 7.21. The van der Waals surface area contributed by atoms with E-state index in [0.29, 0.717) is 12.6 Å². The summed E-state index contributed by atoms with van der Waals surface area (Å²) in [6.45, 7) is 4.78. The summed E-state index contributed by atoms with van der Waals surface area (Å²) in [4.78, 5) is 6.26. The van der Waals surface area contributed by atoms with Crippen LogP contribution in [0.15, 0.2) is 41.8 Å². The van der Waals surface area contributed by atoms with E-state index in [1.54, 1.807) is 11.3 Å². The second-order valence-corrected chi connectivity index (χ2v) is 6.69. The molecule has 2 N–H and O–H groups in total. The lowest BCUT2D eigenvalue weighted by molar-refractivity contribution is 0.193. The highest BCUT2D eigenvalue weighted by atomic mass is 35.5. The lowest BCUT2D eigenvalue weighted by Crippen LogP contribution is -2.49. The van der Waals surface area contributed by atoms with Gasteiger partial charge in [-0.1, -0.05) is 23.7 Å². The van der Waals surface area contributed by atoms with Crippen LogP contribution in [-0.4, -0.2) is 37.6 Å². The maximum atomic E-state index is 6.08. The predicted octanol–water partition coefficient (Wildman–Crippen LogP) is 3.22. The smallest absolute Gasteiger partial charge is 0.0565 e. The summed E-state index contributed by atoms with van der Waals surface area (Å²) in [5.74, 6) is 0. The van der Waals surface area contributed by atoms with Gasteiger partial charge in [-0.15, -0.1) is 11.3 Å².